The predicted molar refractivity (Wildman–Crippen MR) is 90.2 cm³/mol. The third-order valence-corrected chi connectivity index (χ3v) is 5.33. The van der Waals surface area contributed by atoms with Crippen LogP contribution in [0.5, 0.6) is 0 Å². The largest absolute Gasteiger partial charge is 0.427 e. The van der Waals surface area contributed by atoms with Crippen molar-refractivity contribution in [3.05, 3.63) is 46.5 Å². The molecule has 3 nitrogen and oxygen atoms in total. The fraction of sp³-hybridized carbons (Fsp3) is 0.471. The fourth-order valence-electron chi connectivity index (χ4n) is 2.91. The van der Waals surface area contributed by atoms with Crippen molar-refractivity contribution < 1.29 is 13.2 Å². The highest BCUT2D eigenvalue weighted by atomic mass is 32.1. The minimum absolute atomic E-state index is 0.186. The van der Waals surface area contributed by atoms with Crippen molar-refractivity contribution in [1.29, 1.82) is 0 Å². The maximum absolute atomic E-state index is 12.6. The molecule has 0 atom stereocenters. The van der Waals surface area contributed by atoms with Crippen molar-refractivity contribution in [3.63, 3.8) is 0 Å². The lowest BCUT2D eigenvalue weighted by atomic mass is 10.0. The van der Waals surface area contributed by atoms with E-state index in [1.165, 1.54) is 11.1 Å². The Morgan fingerprint density at radius 3 is 2.58 bits per heavy atom. The summed E-state index contributed by atoms with van der Waals surface area (Å²) in [7, 11) is 0. The van der Waals surface area contributed by atoms with Crippen LogP contribution >= 0.6 is 11.3 Å². The van der Waals surface area contributed by atoms with E-state index in [1.807, 2.05) is 6.07 Å². The second-order valence-corrected chi connectivity index (χ2v) is 7.18. The minimum atomic E-state index is -4.31. The highest BCUT2D eigenvalue weighted by Gasteiger charge is 2.33. The molecule has 0 amide bonds. The van der Waals surface area contributed by atoms with Crippen molar-refractivity contribution in [2.75, 3.05) is 18.4 Å². The smallest absolute Gasteiger partial charge is 0.359 e. The van der Waals surface area contributed by atoms with Crippen LogP contribution in [0.4, 0.5) is 18.3 Å². The van der Waals surface area contributed by atoms with Gasteiger partial charge in [0.25, 0.3) is 0 Å². The molecule has 0 spiro atoms. The molecule has 24 heavy (non-hydrogen) atoms. The first-order chi connectivity index (χ1) is 11.4. The first kappa shape index (κ1) is 17.2. The van der Waals surface area contributed by atoms with Crippen LogP contribution in [-0.4, -0.2) is 29.0 Å². The quantitative estimate of drug-likeness (QED) is 0.872. The second kappa shape index (κ2) is 7.11. The van der Waals surface area contributed by atoms with Crippen LogP contribution in [-0.2, 0) is 12.7 Å². The van der Waals surface area contributed by atoms with E-state index in [-0.39, 0.29) is 6.04 Å². The number of nitrogens with one attached hydrogen (secondary N) is 1. The van der Waals surface area contributed by atoms with Crippen LogP contribution in [0.3, 0.4) is 0 Å². The van der Waals surface area contributed by atoms with Crippen molar-refractivity contribution in [2.24, 2.45) is 0 Å². The summed E-state index contributed by atoms with van der Waals surface area (Å²) in [5, 5.41) is 3.51. The van der Waals surface area contributed by atoms with E-state index in [0.717, 1.165) is 38.7 Å². The highest BCUT2D eigenvalue weighted by molar-refractivity contribution is 7.15. The van der Waals surface area contributed by atoms with E-state index in [0.29, 0.717) is 16.5 Å². The maximum atomic E-state index is 12.6. The summed E-state index contributed by atoms with van der Waals surface area (Å²) >= 11 is 0.678. The van der Waals surface area contributed by atoms with Gasteiger partial charge in [-0.15, -0.1) is 0 Å². The predicted octanol–water partition coefficient (Wildman–Crippen LogP) is 4.55. The lowest BCUT2D eigenvalue weighted by Gasteiger charge is -2.32. The number of halogens is 3. The number of aryl methyl sites for hydroxylation is 1. The summed E-state index contributed by atoms with van der Waals surface area (Å²) in [6.45, 7) is 4.91. The monoisotopic (exact) mass is 355 g/mol. The normalized spacial score (nSPS) is 17.2. The number of anilines is 1. The molecule has 1 aliphatic heterocycles. The SMILES string of the molecule is Cc1ccccc1CN1CCC(Nc2ncc(C(F)(F)F)s2)CC1. The molecule has 2 aromatic rings. The maximum Gasteiger partial charge on any atom is 0.427 e. The molecule has 1 aliphatic rings. The van der Waals surface area contributed by atoms with Gasteiger partial charge in [0, 0.05) is 25.7 Å². The van der Waals surface area contributed by atoms with Crippen molar-refractivity contribution in [2.45, 2.75) is 38.5 Å². The van der Waals surface area contributed by atoms with E-state index in [9.17, 15) is 13.2 Å². The Labute approximate surface area is 143 Å². The molecular formula is C17H20F3N3S. The standard InChI is InChI=1S/C17H20F3N3S/c1-12-4-2-3-5-13(12)11-23-8-6-14(7-9-23)22-16-21-10-15(24-16)17(18,19)20/h2-5,10,14H,6-9,11H2,1H3,(H,21,22). The Balaban J connectivity index is 1.50. The van der Waals surface area contributed by atoms with Crippen LogP contribution in [0.15, 0.2) is 30.5 Å². The van der Waals surface area contributed by atoms with Crippen LogP contribution in [0, 0.1) is 6.92 Å². The molecular weight excluding hydrogens is 335 g/mol. The molecule has 1 saturated heterocycles. The first-order valence-electron chi connectivity index (χ1n) is 7.98. The molecule has 0 unspecified atom stereocenters. The molecule has 7 heteroatoms. The third-order valence-electron chi connectivity index (χ3n) is 4.36. The lowest BCUT2D eigenvalue weighted by Crippen LogP contribution is -2.38. The number of aromatic nitrogens is 1. The Hall–Kier alpha value is -1.60. The fourth-order valence-corrected chi connectivity index (χ4v) is 3.67. The van der Waals surface area contributed by atoms with Gasteiger partial charge < -0.3 is 5.32 Å². The Morgan fingerprint density at radius 2 is 1.96 bits per heavy atom. The zero-order valence-electron chi connectivity index (χ0n) is 13.4. The van der Waals surface area contributed by atoms with Gasteiger partial charge in [-0.2, -0.15) is 13.2 Å². The van der Waals surface area contributed by atoms with E-state index in [1.54, 1.807) is 0 Å². The van der Waals surface area contributed by atoms with Crippen LogP contribution in [0.25, 0.3) is 0 Å². The second-order valence-electron chi connectivity index (χ2n) is 6.15. The zero-order valence-corrected chi connectivity index (χ0v) is 14.3. The van der Waals surface area contributed by atoms with Crippen molar-refractivity contribution in [3.8, 4) is 0 Å². The van der Waals surface area contributed by atoms with E-state index >= 15 is 0 Å². The molecule has 1 N–H and O–H groups in total. The molecule has 0 saturated carbocycles. The van der Waals surface area contributed by atoms with Gasteiger partial charge in [0.15, 0.2) is 5.13 Å². The number of alkyl halides is 3. The average Bonchev–Trinajstić information content (AvgIpc) is 3.00. The topological polar surface area (TPSA) is 28.2 Å². The molecule has 3 rings (SSSR count). The number of nitrogens with zero attached hydrogens (tertiary/aromatic N) is 2. The number of likely N-dealkylation sites (tertiary alicyclic amines) is 1. The summed E-state index contributed by atoms with van der Waals surface area (Å²) in [4.78, 5) is 5.59. The van der Waals surface area contributed by atoms with Crippen LogP contribution < -0.4 is 5.32 Å². The molecule has 0 radical (unpaired) electrons. The molecule has 1 aromatic carbocycles. The van der Waals surface area contributed by atoms with Gasteiger partial charge in [-0.1, -0.05) is 35.6 Å². The van der Waals surface area contributed by atoms with Gasteiger partial charge in [-0.05, 0) is 30.9 Å². The first-order valence-corrected chi connectivity index (χ1v) is 8.80. The molecule has 0 bridgehead atoms. The Kier molecular flexibility index (Phi) is 5.10. The molecule has 1 aromatic heterocycles. The summed E-state index contributed by atoms with van der Waals surface area (Å²) < 4.78 is 37.8. The number of piperidine rings is 1. The number of rotatable bonds is 4. The Morgan fingerprint density at radius 1 is 1.25 bits per heavy atom. The Bertz CT molecular complexity index is 676. The van der Waals surface area contributed by atoms with Gasteiger partial charge in [0.1, 0.15) is 4.88 Å². The minimum Gasteiger partial charge on any atom is -0.359 e. The van der Waals surface area contributed by atoms with Crippen molar-refractivity contribution in [1.82, 2.24) is 9.88 Å². The molecule has 0 aliphatic carbocycles. The number of hydrogen-bond acceptors (Lipinski definition) is 4. The van der Waals surface area contributed by atoms with Crippen molar-refractivity contribution >= 4 is 16.5 Å². The summed E-state index contributed by atoms with van der Waals surface area (Å²) in [5.74, 6) is 0. The van der Waals surface area contributed by atoms with E-state index in [2.05, 4.69) is 40.3 Å². The number of benzene rings is 1. The van der Waals surface area contributed by atoms with Gasteiger partial charge >= 0.3 is 6.18 Å². The average molecular weight is 355 g/mol. The molecule has 1 fully saturated rings. The van der Waals surface area contributed by atoms with E-state index < -0.39 is 11.1 Å². The summed E-state index contributed by atoms with van der Waals surface area (Å²) in [6.07, 6.45) is -1.59. The third kappa shape index (κ3) is 4.27. The van der Waals surface area contributed by atoms with Gasteiger partial charge in [-0.25, -0.2) is 4.98 Å². The molecule has 2 heterocycles. The number of thiazole rings is 1. The van der Waals surface area contributed by atoms with E-state index in [4.69, 9.17) is 0 Å². The highest BCUT2D eigenvalue weighted by Crippen LogP contribution is 2.35. The van der Waals surface area contributed by atoms with Gasteiger partial charge in [-0.3, -0.25) is 4.90 Å². The zero-order chi connectivity index (χ0) is 17.2. The molecule has 130 valence electrons. The number of hydrogen-bond donors (Lipinski definition) is 1. The summed E-state index contributed by atoms with van der Waals surface area (Å²) in [5.41, 5.74) is 2.62. The van der Waals surface area contributed by atoms with Crippen LogP contribution in [0.1, 0.15) is 28.8 Å². The van der Waals surface area contributed by atoms with Gasteiger partial charge in [0.2, 0.25) is 0 Å². The van der Waals surface area contributed by atoms with Crippen LogP contribution in [0.2, 0.25) is 0 Å². The van der Waals surface area contributed by atoms with Gasteiger partial charge in [0.05, 0.1) is 6.20 Å². The lowest BCUT2D eigenvalue weighted by molar-refractivity contribution is -0.134. The summed E-state index contributed by atoms with van der Waals surface area (Å²) in [6, 6.07) is 8.54.